The van der Waals surface area contributed by atoms with Crippen LogP contribution in [0.3, 0.4) is 0 Å². The lowest BCUT2D eigenvalue weighted by atomic mass is 9.96. The number of hydrogen-bond donors (Lipinski definition) is 12. The predicted octanol–water partition coefficient (Wildman–Crippen LogP) is 3.53. The number of nitrogens with one attached hydrogen (secondary N) is 1. The minimum Gasteiger partial charge on any atom is -0.394 e. The highest BCUT2D eigenvalue weighted by Crippen LogP contribution is 2.33. The first-order valence-electron chi connectivity index (χ1n) is 27.9. The van der Waals surface area contributed by atoms with Crippen molar-refractivity contribution in [3.05, 3.63) is 48.6 Å². The van der Waals surface area contributed by atoms with Gasteiger partial charge in [-0.2, -0.15) is 0 Å². The van der Waals surface area contributed by atoms with E-state index in [2.05, 4.69) is 55.6 Å². The Hall–Kier alpha value is -2.25. The maximum atomic E-state index is 13.3. The number of carbonyl (C=O) groups excluding carboxylic acids is 1. The van der Waals surface area contributed by atoms with E-state index in [4.69, 9.17) is 28.4 Å². The summed E-state index contributed by atoms with van der Waals surface area (Å²) in [6, 6.07) is -0.996. The van der Waals surface area contributed by atoms with Crippen LogP contribution in [0.5, 0.6) is 0 Å². The largest absolute Gasteiger partial charge is 0.394 e. The summed E-state index contributed by atoms with van der Waals surface area (Å²) in [6.45, 7) is 1.62. The SMILES string of the molecule is CCCCC/C=C\C/C=C\CCCCCCCC(=O)NC(COC1OC(CO)C(OC2OC(CO)C(OC3OC(CO)C(O)C(O)C3O)C(O)C2O)C(O)C1O)C(O)/C=C/CC/C=C/CCCCCCCCCC. The Morgan fingerprint density at radius 2 is 0.905 bits per heavy atom. The average molecular weight is 1060 g/mol. The first-order chi connectivity index (χ1) is 35.8. The minimum atomic E-state index is -1.98. The fraction of sp³-hybridized carbons (Fsp3) is 0.836. The quantitative estimate of drug-likeness (QED) is 0.0310. The van der Waals surface area contributed by atoms with E-state index in [1.807, 2.05) is 6.08 Å². The van der Waals surface area contributed by atoms with Crippen LogP contribution in [-0.2, 0) is 33.2 Å². The van der Waals surface area contributed by atoms with Crippen molar-refractivity contribution < 1.29 is 89.4 Å². The molecule has 3 rings (SSSR count). The molecule has 74 heavy (non-hydrogen) atoms. The second-order valence-electron chi connectivity index (χ2n) is 20.0. The first kappa shape index (κ1) is 66.0. The number of rotatable bonds is 39. The molecule has 19 nitrogen and oxygen atoms in total. The molecule has 0 radical (unpaired) electrons. The molecule has 19 heteroatoms. The van der Waals surface area contributed by atoms with E-state index in [1.165, 1.54) is 64.2 Å². The summed E-state index contributed by atoms with van der Waals surface area (Å²) < 4.78 is 34.1. The van der Waals surface area contributed by atoms with Gasteiger partial charge in [-0.15, -0.1) is 0 Å². The van der Waals surface area contributed by atoms with Crippen molar-refractivity contribution in [1.82, 2.24) is 5.32 Å². The van der Waals surface area contributed by atoms with Gasteiger partial charge in [0.15, 0.2) is 18.9 Å². The van der Waals surface area contributed by atoms with Gasteiger partial charge in [-0.25, -0.2) is 0 Å². The normalized spacial score (nSPS) is 31.8. The van der Waals surface area contributed by atoms with E-state index >= 15 is 0 Å². The number of hydrogen-bond acceptors (Lipinski definition) is 18. The number of unbranched alkanes of at least 4 members (excludes halogenated alkanes) is 17. The third kappa shape index (κ3) is 23.8. The zero-order valence-electron chi connectivity index (χ0n) is 44.3. The van der Waals surface area contributed by atoms with Gasteiger partial charge < -0.3 is 89.9 Å². The Kier molecular flexibility index (Phi) is 34.9. The van der Waals surface area contributed by atoms with Gasteiger partial charge >= 0.3 is 0 Å². The molecule has 430 valence electrons. The summed E-state index contributed by atoms with van der Waals surface area (Å²) >= 11 is 0. The second kappa shape index (κ2) is 39.2. The molecule has 0 aromatic heterocycles. The fourth-order valence-electron chi connectivity index (χ4n) is 9.18. The number of amides is 1. The number of carbonyl (C=O) groups is 1. The van der Waals surface area contributed by atoms with E-state index in [-0.39, 0.29) is 18.9 Å². The molecule has 0 aromatic carbocycles. The van der Waals surface area contributed by atoms with Crippen molar-refractivity contribution in [2.75, 3.05) is 26.4 Å². The summed E-state index contributed by atoms with van der Waals surface area (Å²) in [6.07, 6.45) is 13.9. The van der Waals surface area contributed by atoms with Crippen molar-refractivity contribution in [3.63, 3.8) is 0 Å². The smallest absolute Gasteiger partial charge is 0.220 e. The Labute approximate surface area is 440 Å². The lowest BCUT2D eigenvalue weighted by molar-refractivity contribution is -0.379. The van der Waals surface area contributed by atoms with Crippen LogP contribution < -0.4 is 5.32 Å². The lowest BCUT2D eigenvalue weighted by Gasteiger charge is -2.48. The standard InChI is InChI=1S/C55H97NO18/c1-3-5-7-9-11-13-15-17-19-21-23-25-27-29-31-33-43(61)56-38(39(60)32-30-28-26-24-22-20-18-16-14-12-10-8-6-4-2)37-69-53-49(67)46(64)51(41(35-58)71-53)74-55-50(68)47(65)52(42(36-59)72-55)73-54-48(66)45(63)44(62)40(34-57)70-54/h11,13,17,19,22,24,30,32,38-42,44-55,57-60,62-68H,3-10,12,14-16,18,20-21,23,25-29,31,33-37H2,1-2H3,(H,56,61)/b13-11-,19-17-,24-22+,32-30+. The van der Waals surface area contributed by atoms with Gasteiger partial charge in [0.25, 0.3) is 0 Å². The van der Waals surface area contributed by atoms with Gasteiger partial charge in [-0.3, -0.25) is 4.79 Å². The summed E-state index contributed by atoms with van der Waals surface area (Å²) in [5.41, 5.74) is 0. The summed E-state index contributed by atoms with van der Waals surface area (Å²) in [7, 11) is 0. The Balaban J connectivity index is 1.56. The van der Waals surface area contributed by atoms with Gasteiger partial charge in [-0.1, -0.05) is 140 Å². The average Bonchev–Trinajstić information content (AvgIpc) is 3.40. The molecule has 3 heterocycles. The fourth-order valence-corrected chi connectivity index (χ4v) is 9.18. The molecule has 0 aliphatic carbocycles. The molecular weight excluding hydrogens is 963 g/mol. The van der Waals surface area contributed by atoms with E-state index in [9.17, 15) is 61.0 Å². The number of ether oxygens (including phenoxy) is 6. The van der Waals surface area contributed by atoms with Crippen molar-refractivity contribution in [2.45, 2.75) is 266 Å². The second-order valence-corrected chi connectivity index (χ2v) is 20.0. The highest BCUT2D eigenvalue weighted by atomic mass is 16.8. The molecule has 3 saturated heterocycles. The van der Waals surface area contributed by atoms with Crippen LogP contribution in [0.25, 0.3) is 0 Å². The zero-order chi connectivity index (χ0) is 54.1. The third-order valence-electron chi connectivity index (χ3n) is 13.8. The summed E-state index contributed by atoms with van der Waals surface area (Å²) in [4.78, 5) is 13.3. The molecule has 17 atom stereocenters. The zero-order valence-corrected chi connectivity index (χ0v) is 44.3. The molecule has 0 bridgehead atoms. The maximum absolute atomic E-state index is 13.3. The Morgan fingerprint density at radius 3 is 1.46 bits per heavy atom. The molecule has 17 unspecified atom stereocenters. The molecule has 3 aliphatic rings. The molecule has 0 spiro atoms. The molecule has 3 aliphatic heterocycles. The molecule has 12 N–H and O–H groups in total. The van der Waals surface area contributed by atoms with Crippen molar-refractivity contribution in [2.24, 2.45) is 0 Å². The first-order valence-corrected chi connectivity index (χ1v) is 27.9. The van der Waals surface area contributed by atoms with Gasteiger partial charge in [0.2, 0.25) is 5.91 Å². The van der Waals surface area contributed by atoms with Gasteiger partial charge in [0, 0.05) is 6.42 Å². The summed E-state index contributed by atoms with van der Waals surface area (Å²) in [5.74, 6) is -0.303. The van der Waals surface area contributed by atoms with Gasteiger partial charge in [0.05, 0.1) is 38.6 Å². The van der Waals surface area contributed by atoms with E-state index in [0.29, 0.717) is 12.8 Å². The predicted molar refractivity (Wildman–Crippen MR) is 277 cm³/mol. The Bertz CT molecular complexity index is 1550. The third-order valence-corrected chi connectivity index (χ3v) is 13.8. The van der Waals surface area contributed by atoms with Crippen LogP contribution in [0, 0.1) is 0 Å². The number of aliphatic hydroxyl groups is 11. The topological polar surface area (TPSA) is 307 Å². The van der Waals surface area contributed by atoms with Crippen molar-refractivity contribution in [3.8, 4) is 0 Å². The highest BCUT2D eigenvalue weighted by Gasteiger charge is 2.53. The van der Waals surface area contributed by atoms with Crippen LogP contribution in [0.15, 0.2) is 48.6 Å². The van der Waals surface area contributed by atoms with E-state index in [1.54, 1.807) is 6.08 Å². The molecular formula is C55H97NO18. The van der Waals surface area contributed by atoms with Crippen LogP contribution in [0.1, 0.15) is 162 Å². The highest BCUT2D eigenvalue weighted by molar-refractivity contribution is 5.76. The Morgan fingerprint density at radius 1 is 0.486 bits per heavy atom. The van der Waals surface area contributed by atoms with Crippen molar-refractivity contribution >= 4 is 5.91 Å². The summed E-state index contributed by atoms with van der Waals surface area (Å²) in [5, 5.41) is 120. The monoisotopic (exact) mass is 1060 g/mol. The number of allylic oxidation sites excluding steroid dienone is 7. The lowest BCUT2D eigenvalue weighted by Crippen LogP contribution is -2.66. The van der Waals surface area contributed by atoms with Crippen molar-refractivity contribution in [1.29, 1.82) is 0 Å². The molecule has 1 amide bonds. The van der Waals surface area contributed by atoms with E-state index < -0.39 is 124 Å². The molecule has 3 fully saturated rings. The maximum Gasteiger partial charge on any atom is 0.220 e. The van der Waals surface area contributed by atoms with Gasteiger partial charge in [-0.05, 0) is 64.2 Å². The minimum absolute atomic E-state index is 0.218. The molecule has 0 saturated carbocycles. The van der Waals surface area contributed by atoms with Crippen LogP contribution >= 0.6 is 0 Å². The van der Waals surface area contributed by atoms with Crippen LogP contribution in [0.2, 0.25) is 0 Å². The number of aliphatic hydroxyl groups excluding tert-OH is 11. The molecule has 0 aromatic rings. The van der Waals surface area contributed by atoms with Gasteiger partial charge in [0.1, 0.15) is 73.2 Å². The van der Waals surface area contributed by atoms with Crippen LogP contribution in [0.4, 0.5) is 0 Å². The van der Waals surface area contributed by atoms with E-state index in [0.717, 1.165) is 64.2 Å². The van der Waals surface area contributed by atoms with Crippen LogP contribution in [-0.4, -0.2) is 193 Å².